The quantitative estimate of drug-likeness (QED) is 0.688. The number of carbonyl (C=O) groups excluding carboxylic acids is 2. The first-order valence-electron chi connectivity index (χ1n) is 7.66. The summed E-state index contributed by atoms with van der Waals surface area (Å²) < 4.78 is 12.6. The number of rotatable bonds is 2. The Morgan fingerprint density at radius 1 is 1.16 bits per heavy atom. The van der Waals surface area contributed by atoms with Gasteiger partial charge in [-0.15, -0.1) is 6.42 Å². The predicted octanol–water partition coefficient (Wildman–Crippen LogP) is 3.84. The Hall–Kier alpha value is -2.01. The summed E-state index contributed by atoms with van der Waals surface area (Å²) in [5, 5.41) is 4.25. The lowest BCUT2D eigenvalue weighted by atomic mass is 10.2. The van der Waals surface area contributed by atoms with Crippen molar-refractivity contribution in [3.63, 3.8) is 0 Å². The van der Waals surface area contributed by atoms with Crippen molar-refractivity contribution in [1.29, 1.82) is 0 Å². The molecule has 138 valence electrons. The van der Waals surface area contributed by atoms with E-state index in [2.05, 4.69) is 26.9 Å². The summed E-state index contributed by atoms with van der Waals surface area (Å²) in [5.41, 5.74) is -0.596. The Balaban J connectivity index is 3.17. The third kappa shape index (κ3) is 6.09. The lowest BCUT2D eigenvalue weighted by Gasteiger charge is -2.28. The number of hydrogen-bond acceptors (Lipinski definition) is 5. The Morgan fingerprint density at radius 3 is 1.92 bits per heavy atom. The van der Waals surface area contributed by atoms with Crippen LogP contribution in [0.15, 0.2) is 4.47 Å². The monoisotopic (exact) mass is 413 g/mol. The molecule has 1 aromatic rings. The highest BCUT2D eigenvalue weighted by molar-refractivity contribution is 9.10. The molecule has 1 rings (SSSR count). The molecule has 0 N–H and O–H groups in total. The predicted molar refractivity (Wildman–Crippen MR) is 96.9 cm³/mol. The Morgan fingerprint density at radius 2 is 1.60 bits per heavy atom. The maximum atomic E-state index is 12.5. The molecule has 1 aromatic heterocycles. The first kappa shape index (κ1) is 21.0. The molecule has 25 heavy (non-hydrogen) atoms. The van der Waals surface area contributed by atoms with Crippen molar-refractivity contribution >= 4 is 28.1 Å². The molecule has 0 aromatic carbocycles. The van der Waals surface area contributed by atoms with E-state index in [1.807, 2.05) is 0 Å². The van der Waals surface area contributed by atoms with E-state index >= 15 is 0 Å². The van der Waals surface area contributed by atoms with Gasteiger partial charge in [0.2, 0.25) is 0 Å². The van der Waals surface area contributed by atoms with Crippen LogP contribution in [-0.2, 0) is 23.1 Å². The summed E-state index contributed by atoms with van der Waals surface area (Å²) in [7, 11) is 1.68. The lowest BCUT2D eigenvalue weighted by molar-refractivity contribution is -0.000538. The number of ether oxygens (including phenoxy) is 2. The Kier molecular flexibility index (Phi) is 6.29. The number of halogens is 1. The van der Waals surface area contributed by atoms with Gasteiger partial charge in [-0.3, -0.25) is 4.68 Å². The minimum absolute atomic E-state index is 0.139. The summed E-state index contributed by atoms with van der Waals surface area (Å²) in [4.78, 5) is 25.8. The SMILES string of the molecule is C#Cc1c(Br)c(CN(C(=O)OC(C)(C)C)C(=O)OC(C)(C)C)nn1C. The zero-order chi connectivity index (χ0) is 19.6. The Labute approximate surface area is 156 Å². The highest BCUT2D eigenvalue weighted by Gasteiger charge is 2.32. The van der Waals surface area contributed by atoms with Crippen molar-refractivity contribution in [3.8, 4) is 12.3 Å². The molecule has 0 aliphatic carbocycles. The first-order valence-corrected chi connectivity index (χ1v) is 8.46. The van der Waals surface area contributed by atoms with Crippen LogP contribution in [0.2, 0.25) is 0 Å². The number of imide groups is 1. The molecule has 0 atom stereocenters. The van der Waals surface area contributed by atoms with Gasteiger partial charge >= 0.3 is 12.2 Å². The van der Waals surface area contributed by atoms with Gasteiger partial charge in [-0.05, 0) is 63.4 Å². The number of amides is 2. The van der Waals surface area contributed by atoms with E-state index in [1.54, 1.807) is 48.6 Å². The van der Waals surface area contributed by atoms with Crippen LogP contribution in [0.5, 0.6) is 0 Å². The molecular weight excluding hydrogens is 390 g/mol. The van der Waals surface area contributed by atoms with Crippen molar-refractivity contribution in [2.75, 3.05) is 0 Å². The van der Waals surface area contributed by atoms with Gasteiger partial charge in [-0.25, -0.2) is 14.5 Å². The molecule has 0 saturated heterocycles. The van der Waals surface area contributed by atoms with Crippen molar-refractivity contribution in [2.24, 2.45) is 7.05 Å². The molecule has 2 amide bonds. The summed E-state index contributed by atoms with van der Waals surface area (Å²) in [5.74, 6) is 2.49. The summed E-state index contributed by atoms with van der Waals surface area (Å²) >= 11 is 3.36. The third-order valence-corrected chi connectivity index (χ3v) is 3.56. The van der Waals surface area contributed by atoms with Crippen molar-refractivity contribution in [1.82, 2.24) is 14.7 Å². The van der Waals surface area contributed by atoms with Crippen LogP contribution in [0, 0.1) is 12.3 Å². The van der Waals surface area contributed by atoms with Crippen LogP contribution >= 0.6 is 15.9 Å². The Bertz CT molecular complexity index is 677. The molecule has 0 aliphatic heterocycles. The van der Waals surface area contributed by atoms with E-state index in [0.29, 0.717) is 15.9 Å². The number of nitrogens with zero attached hydrogens (tertiary/aromatic N) is 3. The molecular formula is C17H24BrN3O4. The van der Waals surface area contributed by atoms with Crippen LogP contribution in [0.1, 0.15) is 52.9 Å². The second-order valence-electron chi connectivity index (χ2n) is 7.42. The number of carbonyl (C=O) groups is 2. The minimum atomic E-state index is -0.818. The minimum Gasteiger partial charge on any atom is -0.443 e. The largest absolute Gasteiger partial charge is 0.443 e. The molecule has 0 saturated carbocycles. The number of aryl methyl sites for hydroxylation is 1. The molecule has 1 heterocycles. The van der Waals surface area contributed by atoms with Crippen LogP contribution in [0.4, 0.5) is 9.59 Å². The van der Waals surface area contributed by atoms with E-state index in [9.17, 15) is 9.59 Å². The van der Waals surface area contributed by atoms with Gasteiger partial charge in [-0.1, -0.05) is 0 Å². The summed E-state index contributed by atoms with van der Waals surface area (Å²) in [6.45, 7) is 10.1. The maximum absolute atomic E-state index is 12.5. The van der Waals surface area contributed by atoms with E-state index in [4.69, 9.17) is 15.9 Å². The van der Waals surface area contributed by atoms with E-state index in [0.717, 1.165) is 4.90 Å². The second kappa shape index (κ2) is 7.48. The molecule has 8 heteroatoms. The number of aromatic nitrogens is 2. The zero-order valence-corrected chi connectivity index (χ0v) is 17.2. The van der Waals surface area contributed by atoms with Crippen LogP contribution in [0.3, 0.4) is 0 Å². The fourth-order valence-electron chi connectivity index (χ4n) is 1.80. The topological polar surface area (TPSA) is 73.7 Å². The molecule has 0 radical (unpaired) electrons. The van der Waals surface area contributed by atoms with Gasteiger partial charge in [0.25, 0.3) is 0 Å². The highest BCUT2D eigenvalue weighted by Crippen LogP contribution is 2.23. The van der Waals surface area contributed by atoms with Crippen LogP contribution < -0.4 is 0 Å². The van der Waals surface area contributed by atoms with Crippen molar-refractivity contribution < 1.29 is 19.1 Å². The lowest BCUT2D eigenvalue weighted by Crippen LogP contribution is -2.43. The fraction of sp³-hybridized carbons (Fsp3) is 0.588. The van der Waals surface area contributed by atoms with E-state index in [1.165, 1.54) is 4.68 Å². The van der Waals surface area contributed by atoms with Gasteiger partial charge in [0.05, 0.1) is 16.7 Å². The fourth-order valence-corrected chi connectivity index (χ4v) is 2.37. The molecule has 0 unspecified atom stereocenters. The van der Waals surface area contributed by atoms with Crippen LogP contribution in [0.25, 0.3) is 0 Å². The van der Waals surface area contributed by atoms with Crippen molar-refractivity contribution in [2.45, 2.75) is 59.3 Å². The van der Waals surface area contributed by atoms with Gasteiger partial charge in [0.15, 0.2) is 0 Å². The normalized spacial score (nSPS) is 11.6. The van der Waals surface area contributed by atoms with Gasteiger partial charge in [-0.2, -0.15) is 5.10 Å². The van der Waals surface area contributed by atoms with Crippen molar-refractivity contribution in [3.05, 3.63) is 15.9 Å². The second-order valence-corrected chi connectivity index (χ2v) is 8.22. The average molecular weight is 414 g/mol. The number of hydrogen-bond donors (Lipinski definition) is 0. The van der Waals surface area contributed by atoms with Gasteiger partial charge < -0.3 is 9.47 Å². The van der Waals surface area contributed by atoms with Gasteiger partial charge in [0, 0.05) is 7.05 Å². The summed E-state index contributed by atoms with van der Waals surface area (Å²) in [6.07, 6.45) is 3.81. The average Bonchev–Trinajstić information content (AvgIpc) is 2.65. The maximum Gasteiger partial charge on any atom is 0.420 e. The van der Waals surface area contributed by atoms with Gasteiger partial charge in [0.1, 0.15) is 16.9 Å². The molecule has 0 spiro atoms. The molecule has 0 bridgehead atoms. The van der Waals surface area contributed by atoms with Crippen LogP contribution in [-0.4, -0.2) is 38.1 Å². The summed E-state index contributed by atoms with van der Waals surface area (Å²) in [6, 6.07) is 0. The first-order chi connectivity index (χ1) is 11.2. The molecule has 0 fully saturated rings. The molecule has 7 nitrogen and oxygen atoms in total. The van der Waals surface area contributed by atoms with E-state index in [-0.39, 0.29) is 6.54 Å². The zero-order valence-electron chi connectivity index (χ0n) is 15.6. The van der Waals surface area contributed by atoms with E-state index < -0.39 is 23.4 Å². The third-order valence-electron chi connectivity index (χ3n) is 2.73. The smallest absolute Gasteiger partial charge is 0.420 e. The number of terminal acetylenes is 1. The standard InChI is InChI=1S/C17H24BrN3O4/c1-9-12-13(18)11(19-20(12)8)10-21(14(22)24-16(2,3)4)15(23)25-17(5,6)7/h1H,10H2,2-8H3. The highest BCUT2D eigenvalue weighted by atomic mass is 79.9. The molecule has 0 aliphatic rings.